The molecule has 1 N–H and O–H groups in total. The van der Waals surface area contributed by atoms with E-state index in [1.165, 1.54) is 6.21 Å². The topological polar surface area (TPSA) is 45.5 Å². The highest BCUT2D eigenvalue weighted by Gasteiger charge is 1.87. The van der Waals surface area contributed by atoms with Crippen molar-refractivity contribution < 1.29 is 5.21 Å². The molecular formula is C6H5IN2O. The van der Waals surface area contributed by atoms with Gasteiger partial charge in [-0.3, -0.25) is 0 Å². The van der Waals surface area contributed by atoms with E-state index >= 15 is 0 Å². The van der Waals surface area contributed by atoms with Crippen molar-refractivity contribution in [1.29, 1.82) is 0 Å². The van der Waals surface area contributed by atoms with Crippen LogP contribution in [-0.2, 0) is 0 Å². The lowest BCUT2D eigenvalue weighted by atomic mass is 10.3. The lowest BCUT2D eigenvalue weighted by molar-refractivity contribution is 0.322. The Morgan fingerprint density at radius 2 is 2.40 bits per heavy atom. The molecule has 0 aliphatic rings. The van der Waals surface area contributed by atoms with Gasteiger partial charge < -0.3 is 5.21 Å². The maximum absolute atomic E-state index is 8.13. The van der Waals surface area contributed by atoms with E-state index in [0.717, 1.165) is 9.26 Å². The highest BCUT2D eigenvalue weighted by molar-refractivity contribution is 14.1. The molecule has 1 rings (SSSR count). The molecule has 0 aliphatic heterocycles. The third kappa shape index (κ3) is 1.94. The van der Waals surface area contributed by atoms with Crippen LogP contribution in [0.25, 0.3) is 0 Å². The van der Waals surface area contributed by atoms with Crippen molar-refractivity contribution in [3.8, 4) is 0 Å². The number of hydrogen-bond acceptors (Lipinski definition) is 3. The van der Waals surface area contributed by atoms with Crippen LogP contribution in [0.15, 0.2) is 23.5 Å². The number of rotatable bonds is 1. The fourth-order valence-electron chi connectivity index (χ4n) is 0.530. The monoisotopic (exact) mass is 248 g/mol. The summed E-state index contributed by atoms with van der Waals surface area (Å²) in [6.45, 7) is 0. The summed E-state index contributed by atoms with van der Waals surface area (Å²) in [7, 11) is 0. The molecule has 1 aromatic rings. The van der Waals surface area contributed by atoms with Gasteiger partial charge in [0.05, 0.1) is 6.21 Å². The molecule has 0 saturated heterocycles. The van der Waals surface area contributed by atoms with Crippen LogP contribution < -0.4 is 0 Å². The first-order chi connectivity index (χ1) is 4.83. The van der Waals surface area contributed by atoms with Gasteiger partial charge in [-0.15, -0.1) is 0 Å². The smallest absolute Gasteiger partial charge is 0.101 e. The SMILES string of the molecule is O/N=C\c1ccc(I)nc1. The maximum Gasteiger partial charge on any atom is 0.101 e. The minimum Gasteiger partial charge on any atom is -0.411 e. The number of aromatic nitrogens is 1. The van der Waals surface area contributed by atoms with E-state index < -0.39 is 0 Å². The van der Waals surface area contributed by atoms with Crippen LogP contribution in [0.4, 0.5) is 0 Å². The van der Waals surface area contributed by atoms with Gasteiger partial charge in [0, 0.05) is 11.8 Å². The zero-order valence-electron chi connectivity index (χ0n) is 5.03. The van der Waals surface area contributed by atoms with Crippen LogP contribution in [0, 0.1) is 3.70 Å². The van der Waals surface area contributed by atoms with E-state index in [0.29, 0.717) is 0 Å². The number of halogens is 1. The summed E-state index contributed by atoms with van der Waals surface area (Å²) < 4.78 is 0.924. The molecule has 0 radical (unpaired) electrons. The van der Waals surface area contributed by atoms with Gasteiger partial charge in [-0.25, -0.2) is 4.98 Å². The molecule has 0 aliphatic carbocycles. The van der Waals surface area contributed by atoms with Crippen LogP contribution in [0.5, 0.6) is 0 Å². The average molecular weight is 248 g/mol. The zero-order valence-corrected chi connectivity index (χ0v) is 7.19. The Kier molecular flexibility index (Phi) is 2.61. The Morgan fingerprint density at radius 3 is 2.90 bits per heavy atom. The zero-order chi connectivity index (χ0) is 7.40. The molecule has 0 bridgehead atoms. The third-order valence-electron chi connectivity index (χ3n) is 0.957. The molecular weight excluding hydrogens is 243 g/mol. The van der Waals surface area contributed by atoms with E-state index in [-0.39, 0.29) is 0 Å². The largest absolute Gasteiger partial charge is 0.411 e. The molecule has 0 spiro atoms. The van der Waals surface area contributed by atoms with Crippen LogP contribution in [0.1, 0.15) is 5.56 Å². The van der Waals surface area contributed by atoms with Gasteiger partial charge in [-0.1, -0.05) is 5.16 Å². The van der Waals surface area contributed by atoms with Crippen molar-refractivity contribution in [2.75, 3.05) is 0 Å². The predicted octanol–water partition coefficient (Wildman–Crippen LogP) is 1.49. The van der Waals surface area contributed by atoms with E-state index in [1.54, 1.807) is 6.20 Å². The second kappa shape index (κ2) is 3.50. The molecule has 3 nitrogen and oxygen atoms in total. The third-order valence-corrected chi connectivity index (χ3v) is 1.60. The van der Waals surface area contributed by atoms with Crippen LogP contribution in [0.2, 0.25) is 0 Å². The summed E-state index contributed by atoms with van der Waals surface area (Å²) >= 11 is 2.11. The molecule has 0 aromatic carbocycles. The van der Waals surface area contributed by atoms with Crippen molar-refractivity contribution >= 4 is 28.8 Å². The summed E-state index contributed by atoms with van der Waals surface area (Å²) in [5.74, 6) is 0. The standard InChI is InChI=1S/C6H5IN2O/c7-6-2-1-5(3-8-6)4-9-10/h1-4,10H/b9-4-. The van der Waals surface area contributed by atoms with Gasteiger partial charge in [0.2, 0.25) is 0 Å². The minimum atomic E-state index is 0.794. The Morgan fingerprint density at radius 1 is 1.60 bits per heavy atom. The highest BCUT2D eigenvalue weighted by atomic mass is 127. The predicted molar refractivity (Wildman–Crippen MR) is 46.3 cm³/mol. The number of pyridine rings is 1. The molecule has 0 atom stereocenters. The van der Waals surface area contributed by atoms with Gasteiger partial charge in [0.25, 0.3) is 0 Å². The maximum atomic E-state index is 8.13. The summed E-state index contributed by atoms with van der Waals surface area (Å²) in [5, 5.41) is 11.0. The van der Waals surface area contributed by atoms with Gasteiger partial charge in [-0.2, -0.15) is 0 Å². The van der Waals surface area contributed by atoms with E-state index in [9.17, 15) is 0 Å². The molecule has 4 heteroatoms. The average Bonchev–Trinajstić information content (AvgIpc) is 1.95. The van der Waals surface area contributed by atoms with Crippen molar-refractivity contribution in [3.05, 3.63) is 27.6 Å². The molecule has 0 amide bonds. The fourth-order valence-corrected chi connectivity index (χ4v) is 0.849. The molecule has 0 fully saturated rings. The Hall–Kier alpha value is -0.650. The van der Waals surface area contributed by atoms with Crippen LogP contribution in [-0.4, -0.2) is 16.4 Å². The number of nitrogens with zero attached hydrogens (tertiary/aromatic N) is 2. The van der Waals surface area contributed by atoms with Crippen molar-refractivity contribution in [3.63, 3.8) is 0 Å². The van der Waals surface area contributed by atoms with Crippen LogP contribution in [0.3, 0.4) is 0 Å². The number of oxime groups is 1. The summed E-state index contributed by atoms with van der Waals surface area (Å²) in [4.78, 5) is 3.98. The summed E-state index contributed by atoms with van der Waals surface area (Å²) in [6.07, 6.45) is 2.98. The molecule has 0 saturated carbocycles. The van der Waals surface area contributed by atoms with Crippen molar-refractivity contribution in [2.45, 2.75) is 0 Å². The fraction of sp³-hybridized carbons (Fsp3) is 0. The first-order valence-electron chi connectivity index (χ1n) is 2.62. The quantitative estimate of drug-likeness (QED) is 0.269. The minimum absolute atomic E-state index is 0.794. The molecule has 10 heavy (non-hydrogen) atoms. The molecule has 1 aromatic heterocycles. The Labute approximate surface area is 71.9 Å². The molecule has 0 unspecified atom stereocenters. The molecule has 52 valence electrons. The van der Waals surface area contributed by atoms with Gasteiger partial charge in [0.1, 0.15) is 3.70 Å². The first-order valence-corrected chi connectivity index (χ1v) is 3.70. The van der Waals surface area contributed by atoms with Gasteiger partial charge in [0.15, 0.2) is 0 Å². The van der Waals surface area contributed by atoms with Gasteiger partial charge in [-0.05, 0) is 34.7 Å². The lowest BCUT2D eigenvalue weighted by Crippen LogP contribution is -1.84. The van der Waals surface area contributed by atoms with E-state index in [2.05, 4.69) is 32.7 Å². The normalized spacial score (nSPS) is 10.5. The second-order valence-electron chi connectivity index (χ2n) is 1.66. The summed E-state index contributed by atoms with van der Waals surface area (Å²) in [5.41, 5.74) is 0.794. The molecule has 1 heterocycles. The second-order valence-corrected chi connectivity index (χ2v) is 2.76. The lowest BCUT2D eigenvalue weighted by Gasteiger charge is -1.89. The van der Waals surface area contributed by atoms with Crippen LogP contribution >= 0.6 is 22.6 Å². The number of hydrogen-bond donors (Lipinski definition) is 1. The first kappa shape index (κ1) is 7.46. The Balaban J connectivity index is 2.89. The van der Waals surface area contributed by atoms with Gasteiger partial charge >= 0.3 is 0 Å². The summed E-state index contributed by atoms with van der Waals surface area (Å²) in [6, 6.07) is 3.67. The van der Waals surface area contributed by atoms with Crippen molar-refractivity contribution in [1.82, 2.24) is 4.98 Å². The van der Waals surface area contributed by atoms with E-state index in [4.69, 9.17) is 5.21 Å². The van der Waals surface area contributed by atoms with E-state index in [1.807, 2.05) is 12.1 Å². The van der Waals surface area contributed by atoms with Crippen molar-refractivity contribution in [2.24, 2.45) is 5.16 Å². The Bertz CT molecular complexity index is 232. The highest BCUT2D eigenvalue weighted by Crippen LogP contribution is 1.99.